The summed E-state index contributed by atoms with van der Waals surface area (Å²) >= 11 is 7.18. The number of carbonyl (C=O) groups excluding carboxylic acids is 1. The number of morpholine rings is 1. The van der Waals surface area contributed by atoms with Gasteiger partial charge in [0, 0.05) is 13.1 Å². The highest BCUT2D eigenvalue weighted by Crippen LogP contribution is 2.30. The molecular weight excluding hydrogens is 248 g/mol. The first-order valence-corrected chi connectivity index (χ1v) is 6.31. The van der Waals surface area contributed by atoms with Crippen molar-refractivity contribution in [2.24, 2.45) is 0 Å². The molecule has 1 aromatic rings. The van der Waals surface area contributed by atoms with Gasteiger partial charge in [-0.3, -0.25) is 4.79 Å². The van der Waals surface area contributed by atoms with E-state index in [9.17, 15) is 4.79 Å². The fourth-order valence-corrected chi connectivity index (χ4v) is 2.92. The molecule has 0 saturated carbocycles. The highest BCUT2D eigenvalue weighted by Gasteiger charge is 2.25. The van der Waals surface area contributed by atoms with Crippen LogP contribution in [-0.4, -0.2) is 36.6 Å². The number of aldehydes is 1. The van der Waals surface area contributed by atoms with Gasteiger partial charge in [-0.05, 0) is 13.8 Å². The average Bonchev–Trinajstić information content (AvgIpc) is 2.58. The van der Waals surface area contributed by atoms with Crippen LogP contribution in [0, 0.1) is 0 Å². The van der Waals surface area contributed by atoms with Crippen molar-refractivity contribution in [3.8, 4) is 0 Å². The maximum atomic E-state index is 10.7. The summed E-state index contributed by atoms with van der Waals surface area (Å²) in [5.41, 5.74) is 0. The summed E-state index contributed by atoms with van der Waals surface area (Å²) in [6, 6.07) is 0. The molecule has 1 aromatic heterocycles. The highest BCUT2D eigenvalue weighted by molar-refractivity contribution is 7.17. The van der Waals surface area contributed by atoms with Crippen LogP contribution in [0.2, 0.25) is 5.15 Å². The number of carbonyl (C=O) groups is 1. The van der Waals surface area contributed by atoms with Gasteiger partial charge in [-0.2, -0.15) is 0 Å². The Bertz CT molecular complexity index is 386. The van der Waals surface area contributed by atoms with Crippen LogP contribution in [0.3, 0.4) is 0 Å². The minimum absolute atomic E-state index is 0.172. The molecule has 2 heterocycles. The second kappa shape index (κ2) is 4.69. The van der Waals surface area contributed by atoms with Crippen molar-refractivity contribution in [3.05, 3.63) is 10.0 Å². The van der Waals surface area contributed by atoms with E-state index in [4.69, 9.17) is 16.3 Å². The number of hydrogen-bond acceptors (Lipinski definition) is 5. The summed E-state index contributed by atoms with van der Waals surface area (Å²) in [5, 5.41) is 1.09. The number of halogens is 1. The fraction of sp³-hybridized carbons (Fsp3) is 0.600. The van der Waals surface area contributed by atoms with Crippen LogP contribution >= 0.6 is 22.9 Å². The van der Waals surface area contributed by atoms with E-state index in [0.29, 0.717) is 10.0 Å². The van der Waals surface area contributed by atoms with E-state index in [-0.39, 0.29) is 12.2 Å². The number of anilines is 1. The Labute approximate surface area is 103 Å². The summed E-state index contributed by atoms with van der Waals surface area (Å²) in [4.78, 5) is 17.5. The second-order valence-corrected chi connectivity index (χ2v) is 5.30. The normalized spacial score (nSPS) is 25.8. The molecule has 1 saturated heterocycles. The van der Waals surface area contributed by atoms with Crippen molar-refractivity contribution in [2.75, 3.05) is 18.0 Å². The first-order valence-electron chi connectivity index (χ1n) is 5.12. The first-order chi connectivity index (χ1) is 7.60. The van der Waals surface area contributed by atoms with Crippen LogP contribution < -0.4 is 4.90 Å². The third-order valence-electron chi connectivity index (χ3n) is 2.40. The van der Waals surface area contributed by atoms with E-state index in [1.54, 1.807) is 0 Å². The Morgan fingerprint density at radius 2 is 2.12 bits per heavy atom. The Morgan fingerprint density at radius 1 is 1.50 bits per heavy atom. The first kappa shape index (κ1) is 11.8. The molecule has 0 bridgehead atoms. The van der Waals surface area contributed by atoms with Gasteiger partial charge in [0.15, 0.2) is 16.6 Å². The number of ether oxygens (including phenoxy) is 1. The van der Waals surface area contributed by atoms with Gasteiger partial charge in [0.05, 0.1) is 12.2 Å². The van der Waals surface area contributed by atoms with Crippen LogP contribution in [0.25, 0.3) is 0 Å². The zero-order valence-electron chi connectivity index (χ0n) is 9.14. The van der Waals surface area contributed by atoms with Gasteiger partial charge in [0.2, 0.25) is 0 Å². The molecule has 0 aromatic carbocycles. The van der Waals surface area contributed by atoms with Gasteiger partial charge >= 0.3 is 0 Å². The van der Waals surface area contributed by atoms with Crippen molar-refractivity contribution in [1.82, 2.24) is 4.98 Å². The molecule has 0 amide bonds. The molecule has 2 atom stereocenters. The van der Waals surface area contributed by atoms with Gasteiger partial charge in [0.1, 0.15) is 4.88 Å². The maximum Gasteiger partial charge on any atom is 0.187 e. The predicted octanol–water partition coefficient (Wildman–Crippen LogP) is 2.22. The molecule has 1 fully saturated rings. The molecule has 0 aliphatic carbocycles. The highest BCUT2D eigenvalue weighted by atomic mass is 35.5. The summed E-state index contributed by atoms with van der Waals surface area (Å²) < 4.78 is 5.63. The van der Waals surface area contributed by atoms with E-state index in [0.717, 1.165) is 24.5 Å². The zero-order chi connectivity index (χ0) is 11.7. The lowest BCUT2D eigenvalue weighted by molar-refractivity contribution is -0.00522. The molecule has 0 spiro atoms. The van der Waals surface area contributed by atoms with E-state index >= 15 is 0 Å². The van der Waals surface area contributed by atoms with Crippen molar-refractivity contribution in [3.63, 3.8) is 0 Å². The number of nitrogens with zero attached hydrogens (tertiary/aromatic N) is 2. The van der Waals surface area contributed by atoms with Crippen LogP contribution in [0.15, 0.2) is 0 Å². The standard InChI is InChI=1S/C10H13ClN2O2S/c1-6-3-13(4-7(2)15-6)10-12-9(11)8(5-14)16-10/h5-7H,3-4H2,1-2H3/t6-,7+. The van der Waals surface area contributed by atoms with Crippen molar-refractivity contribution in [1.29, 1.82) is 0 Å². The smallest absolute Gasteiger partial charge is 0.187 e. The number of thiazole rings is 1. The number of hydrogen-bond donors (Lipinski definition) is 0. The van der Waals surface area contributed by atoms with E-state index < -0.39 is 0 Å². The molecule has 1 aliphatic heterocycles. The molecular formula is C10H13ClN2O2S. The average molecular weight is 261 g/mol. The van der Waals surface area contributed by atoms with Gasteiger partial charge in [-0.25, -0.2) is 4.98 Å². The summed E-state index contributed by atoms with van der Waals surface area (Å²) in [5.74, 6) is 0. The molecule has 16 heavy (non-hydrogen) atoms. The van der Waals surface area contributed by atoms with Gasteiger partial charge < -0.3 is 9.64 Å². The van der Waals surface area contributed by atoms with Crippen LogP contribution in [0.1, 0.15) is 23.5 Å². The molecule has 0 radical (unpaired) electrons. The van der Waals surface area contributed by atoms with Gasteiger partial charge in [-0.15, -0.1) is 0 Å². The molecule has 4 nitrogen and oxygen atoms in total. The minimum Gasteiger partial charge on any atom is -0.372 e. The van der Waals surface area contributed by atoms with Gasteiger partial charge in [0.25, 0.3) is 0 Å². The third-order valence-corrected chi connectivity index (χ3v) is 3.84. The Morgan fingerprint density at radius 3 is 2.62 bits per heavy atom. The largest absolute Gasteiger partial charge is 0.372 e. The van der Waals surface area contributed by atoms with E-state index in [1.807, 2.05) is 13.8 Å². The van der Waals surface area contributed by atoms with Crippen molar-refractivity contribution < 1.29 is 9.53 Å². The molecule has 88 valence electrons. The zero-order valence-corrected chi connectivity index (χ0v) is 10.7. The lowest BCUT2D eigenvalue weighted by Crippen LogP contribution is -2.45. The Balaban J connectivity index is 2.19. The summed E-state index contributed by atoms with van der Waals surface area (Å²) in [7, 11) is 0. The maximum absolute atomic E-state index is 10.7. The summed E-state index contributed by atoms with van der Waals surface area (Å²) in [6.07, 6.45) is 1.09. The number of rotatable bonds is 2. The van der Waals surface area contributed by atoms with Crippen LogP contribution in [0.5, 0.6) is 0 Å². The quantitative estimate of drug-likeness (QED) is 0.765. The fourth-order valence-electron chi connectivity index (χ4n) is 1.84. The molecule has 6 heteroatoms. The summed E-state index contributed by atoms with van der Waals surface area (Å²) in [6.45, 7) is 5.62. The lowest BCUT2D eigenvalue weighted by atomic mass is 10.2. The molecule has 0 N–H and O–H groups in total. The number of aromatic nitrogens is 1. The Hall–Kier alpha value is -0.650. The van der Waals surface area contributed by atoms with Crippen molar-refractivity contribution in [2.45, 2.75) is 26.1 Å². The molecule has 2 rings (SSSR count). The molecule has 0 unspecified atom stereocenters. The topological polar surface area (TPSA) is 42.4 Å². The van der Waals surface area contributed by atoms with Gasteiger partial charge in [-0.1, -0.05) is 22.9 Å². The molecule has 1 aliphatic rings. The van der Waals surface area contributed by atoms with Crippen LogP contribution in [0.4, 0.5) is 5.13 Å². The van der Waals surface area contributed by atoms with Crippen LogP contribution in [-0.2, 0) is 4.74 Å². The minimum atomic E-state index is 0.172. The SMILES string of the molecule is C[C@@H]1CN(c2nc(Cl)c(C=O)s2)C[C@H](C)O1. The lowest BCUT2D eigenvalue weighted by Gasteiger charge is -2.35. The predicted molar refractivity (Wildman–Crippen MR) is 64.7 cm³/mol. The third kappa shape index (κ3) is 2.36. The van der Waals surface area contributed by atoms with E-state index in [1.165, 1.54) is 11.3 Å². The van der Waals surface area contributed by atoms with Crippen molar-refractivity contribution >= 4 is 34.4 Å². The second-order valence-electron chi connectivity index (χ2n) is 3.93. The Kier molecular flexibility index (Phi) is 3.47. The monoisotopic (exact) mass is 260 g/mol. The van der Waals surface area contributed by atoms with E-state index in [2.05, 4.69) is 9.88 Å².